The highest BCUT2D eigenvalue weighted by molar-refractivity contribution is 5.93. The quantitative estimate of drug-likeness (QED) is 0.799. The minimum Gasteiger partial charge on any atom is -0.341 e. The van der Waals surface area contributed by atoms with Crippen molar-refractivity contribution in [1.82, 2.24) is 20.0 Å². The summed E-state index contributed by atoms with van der Waals surface area (Å²) in [6, 6.07) is 11.4. The van der Waals surface area contributed by atoms with Crippen LogP contribution >= 0.6 is 12.4 Å². The van der Waals surface area contributed by atoms with Gasteiger partial charge in [-0.05, 0) is 57.0 Å². The second-order valence-corrected chi connectivity index (χ2v) is 7.65. The highest BCUT2D eigenvalue weighted by Gasteiger charge is 2.45. The molecular weight excluding hydrogens is 390 g/mol. The maximum Gasteiger partial charge on any atom is 0.250 e. The Hall–Kier alpha value is -2.38. The van der Waals surface area contributed by atoms with E-state index in [4.69, 9.17) is 0 Å². The van der Waals surface area contributed by atoms with Crippen LogP contribution in [0, 0.1) is 5.92 Å². The van der Waals surface area contributed by atoms with Crippen LogP contribution in [-0.4, -0.2) is 52.7 Å². The molecule has 2 saturated heterocycles. The zero-order valence-corrected chi connectivity index (χ0v) is 17.2. The number of hydrogen-bond donors (Lipinski definition) is 2. The second-order valence-electron chi connectivity index (χ2n) is 7.65. The van der Waals surface area contributed by atoms with Crippen LogP contribution in [0.4, 0.5) is 5.69 Å². The SMILES string of the molecule is Cl.O=C(Nc1ccccc1)C1CCN(C(=O)C2(n3cccn3)CCNCC2)CC1. The average molecular weight is 418 g/mol. The number of aromatic nitrogens is 2. The largest absolute Gasteiger partial charge is 0.341 e. The molecule has 156 valence electrons. The summed E-state index contributed by atoms with van der Waals surface area (Å²) in [5.41, 5.74) is 0.215. The lowest BCUT2D eigenvalue weighted by atomic mass is 9.85. The Kier molecular flexibility index (Phi) is 6.92. The fraction of sp³-hybridized carbons (Fsp3) is 0.476. The number of hydrogen-bond acceptors (Lipinski definition) is 4. The fourth-order valence-electron chi connectivity index (χ4n) is 4.31. The van der Waals surface area contributed by atoms with Crippen LogP contribution in [0.3, 0.4) is 0 Å². The minimum absolute atomic E-state index is 0. The summed E-state index contributed by atoms with van der Waals surface area (Å²) in [7, 11) is 0. The van der Waals surface area contributed by atoms with Crippen molar-refractivity contribution in [3.8, 4) is 0 Å². The van der Waals surface area contributed by atoms with E-state index in [1.165, 1.54) is 0 Å². The Balaban J connectivity index is 0.00000240. The van der Waals surface area contributed by atoms with E-state index in [9.17, 15) is 9.59 Å². The van der Waals surface area contributed by atoms with Crippen molar-refractivity contribution in [2.24, 2.45) is 5.92 Å². The molecule has 0 aliphatic carbocycles. The van der Waals surface area contributed by atoms with Crippen LogP contribution in [0.2, 0.25) is 0 Å². The number of anilines is 1. The minimum atomic E-state index is -0.603. The fourth-order valence-corrected chi connectivity index (χ4v) is 4.31. The first-order valence-corrected chi connectivity index (χ1v) is 10.1. The third kappa shape index (κ3) is 4.46. The van der Waals surface area contributed by atoms with E-state index in [0.717, 1.165) is 31.6 Å². The number of benzene rings is 1. The molecule has 0 saturated carbocycles. The van der Waals surface area contributed by atoms with Crippen molar-refractivity contribution >= 4 is 29.9 Å². The summed E-state index contributed by atoms with van der Waals surface area (Å²) in [4.78, 5) is 28.0. The Morgan fingerprint density at radius 2 is 1.76 bits per heavy atom. The molecule has 8 heteroatoms. The van der Waals surface area contributed by atoms with Gasteiger partial charge in [0.05, 0.1) is 0 Å². The molecule has 2 aromatic rings. The van der Waals surface area contributed by atoms with Crippen molar-refractivity contribution in [2.45, 2.75) is 31.2 Å². The standard InChI is InChI=1S/C21H27N5O2.ClH/c27-19(24-18-5-2-1-3-6-18)17-7-15-25(16-8-17)20(28)21(9-12-22-13-10-21)26-14-4-11-23-26;/h1-6,11,14,17,22H,7-10,12-13,15-16H2,(H,24,27);1H. The molecule has 2 amide bonds. The molecule has 2 fully saturated rings. The predicted molar refractivity (Wildman–Crippen MR) is 114 cm³/mol. The van der Waals surface area contributed by atoms with Crippen LogP contribution in [0.1, 0.15) is 25.7 Å². The molecule has 3 heterocycles. The first-order chi connectivity index (χ1) is 13.7. The lowest BCUT2D eigenvalue weighted by molar-refractivity contribution is -0.145. The second kappa shape index (κ2) is 9.41. The maximum atomic E-state index is 13.5. The van der Waals surface area contributed by atoms with Gasteiger partial charge in [0.15, 0.2) is 0 Å². The van der Waals surface area contributed by atoms with Gasteiger partial charge in [0.2, 0.25) is 5.91 Å². The van der Waals surface area contributed by atoms with Gasteiger partial charge in [-0.15, -0.1) is 12.4 Å². The van der Waals surface area contributed by atoms with Crippen LogP contribution in [0.5, 0.6) is 0 Å². The Morgan fingerprint density at radius 1 is 1.07 bits per heavy atom. The van der Waals surface area contributed by atoms with Gasteiger partial charge in [-0.2, -0.15) is 5.10 Å². The molecule has 0 unspecified atom stereocenters. The van der Waals surface area contributed by atoms with Crippen molar-refractivity contribution in [2.75, 3.05) is 31.5 Å². The lowest BCUT2D eigenvalue weighted by Crippen LogP contribution is -2.57. The van der Waals surface area contributed by atoms with E-state index in [-0.39, 0.29) is 30.1 Å². The molecule has 0 atom stereocenters. The topological polar surface area (TPSA) is 79.3 Å². The molecule has 4 rings (SSSR count). The van der Waals surface area contributed by atoms with Gasteiger partial charge in [-0.25, -0.2) is 0 Å². The lowest BCUT2D eigenvalue weighted by Gasteiger charge is -2.42. The first-order valence-electron chi connectivity index (χ1n) is 10.1. The van der Waals surface area contributed by atoms with Gasteiger partial charge in [0.25, 0.3) is 5.91 Å². The van der Waals surface area contributed by atoms with Gasteiger partial charge in [-0.3, -0.25) is 14.3 Å². The molecule has 0 spiro atoms. The number of carbonyl (C=O) groups is 2. The number of halogens is 1. The van der Waals surface area contributed by atoms with Gasteiger partial charge >= 0.3 is 0 Å². The molecule has 0 bridgehead atoms. The smallest absolute Gasteiger partial charge is 0.250 e. The Labute approximate surface area is 177 Å². The summed E-state index contributed by atoms with van der Waals surface area (Å²) in [6.07, 6.45) is 6.49. The van der Waals surface area contributed by atoms with E-state index < -0.39 is 5.54 Å². The molecular formula is C21H28ClN5O2. The van der Waals surface area contributed by atoms with Crippen LogP contribution in [0.25, 0.3) is 0 Å². The number of nitrogens with one attached hydrogen (secondary N) is 2. The zero-order valence-electron chi connectivity index (χ0n) is 16.4. The highest BCUT2D eigenvalue weighted by Crippen LogP contribution is 2.31. The molecule has 1 aromatic heterocycles. The summed E-state index contributed by atoms with van der Waals surface area (Å²) in [5, 5.41) is 10.7. The molecule has 1 aromatic carbocycles. The number of para-hydroxylation sites is 1. The van der Waals surface area contributed by atoms with Crippen LogP contribution in [0.15, 0.2) is 48.8 Å². The molecule has 29 heavy (non-hydrogen) atoms. The predicted octanol–water partition coefficient (Wildman–Crippen LogP) is 2.26. The summed E-state index contributed by atoms with van der Waals surface area (Å²) < 4.78 is 1.84. The molecule has 2 aliphatic heterocycles. The van der Waals surface area contributed by atoms with E-state index in [2.05, 4.69) is 15.7 Å². The monoisotopic (exact) mass is 417 g/mol. The van der Waals surface area contributed by atoms with Gasteiger partial charge in [0.1, 0.15) is 5.54 Å². The molecule has 2 aliphatic rings. The van der Waals surface area contributed by atoms with Crippen molar-refractivity contribution in [1.29, 1.82) is 0 Å². The summed E-state index contributed by atoms with van der Waals surface area (Å²) >= 11 is 0. The maximum absolute atomic E-state index is 13.5. The summed E-state index contributed by atoms with van der Waals surface area (Å²) in [6.45, 7) is 2.84. The van der Waals surface area contributed by atoms with E-state index >= 15 is 0 Å². The van der Waals surface area contributed by atoms with Crippen molar-refractivity contribution in [3.63, 3.8) is 0 Å². The Morgan fingerprint density at radius 3 is 2.38 bits per heavy atom. The van der Waals surface area contributed by atoms with Crippen LogP contribution in [-0.2, 0) is 15.1 Å². The van der Waals surface area contributed by atoms with Crippen LogP contribution < -0.4 is 10.6 Å². The number of carbonyl (C=O) groups excluding carboxylic acids is 2. The van der Waals surface area contributed by atoms with E-state index in [1.54, 1.807) is 6.20 Å². The summed E-state index contributed by atoms with van der Waals surface area (Å²) in [5.74, 6) is 0.125. The zero-order chi connectivity index (χ0) is 19.4. The first kappa shape index (κ1) is 21.3. The average Bonchev–Trinajstić information content (AvgIpc) is 3.30. The molecule has 2 N–H and O–H groups in total. The van der Waals surface area contributed by atoms with Crippen molar-refractivity contribution in [3.05, 3.63) is 48.8 Å². The third-order valence-corrected chi connectivity index (χ3v) is 5.97. The number of nitrogens with zero attached hydrogens (tertiary/aromatic N) is 3. The van der Waals surface area contributed by atoms with Gasteiger partial charge in [-0.1, -0.05) is 18.2 Å². The Bertz CT molecular complexity index is 798. The van der Waals surface area contributed by atoms with Crippen molar-refractivity contribution < 1.29 is 9.59 Å². The van der Waals surface area contributed by atoms with E-state index in [0.29, 0.717) is 25.9 Å². The third-order valence-electron chi connectivity index (χ3n) is 5.97. The number of rotatable bonds is 4. The molecule has 7 nitrogen and oxygen atoms in total. The van der Waals surface area contributed by atoms with Gasteiger partial charge in [0, 0.05) is 37.1 Å². The normalized spacial score (nSPS) is 19.2. The van der Waals surface area contributed by atoms with E-state index in [1.807, 2.05) is 52.2 Å². The van der Waals surface area contributed by atoms with Gasteiger partial charge < -0.3 is 15.5 Å². The number of likely N-dealkylation sites (tertiary alicyclic amines) is 1. The number of piperidine rings is 2. The number of amides is 2. The highest BCUT2D eigenvalue weighted by atomic mass is 35.5. The molecule has 0 radical (unpaired) electrons.